The van der Waals surface area contributed by atoms with Gasteiger partial charge < -0.3 is 14.8 Å². The summed E-state index contributed by atoms with van der Waals surface area (Å²) in [6, 6.07) is 17.6. The molecule has 8 nitrogen and oxygen atoms in total. The zero-order chi connectivity index (χ0) is 23.2. The number of ether oxygens (including phenoxy) is 2. The number of hydrogen-bond donors (Lipinski definition) is 1. The summed E-state index contributed by atoms with van der Waals surface area (Å²) in [6.45, 7) is 1.70. The summed E-state index contributed by atoms with van der Waals surface area (Å²) in [6.07, 6.45) is 1.64. The number of hydrogen-bond acceptors (Lipinski definition) is 6. The number of ketones is 1. The second-order valence-corrected chi connectivity index (χ2v) is 7.57. The molecule has 0 fully saturated rings. The van der Waals surface area contributed by atoms with Crippen LogP contribution in [0.15, 0.2) is 66.9 Å². The smallest absolute Gasteiger partial charge is 0.265 e. The van der Waals surface area contributed by atoms with Gasteiger partial charge in [-0.05, 0) is 49.4 Å². The number of carbonyl (C=O) groups excluding carboxylic acids is 3. The van der Waals surface area contributed by atoms with Crippen molar-refractivity contribution in [3.63, 3.8) is 0 Å². The first-order chi connectivity index (χ1) is 16.0. The first kappa shape index (κ1) is 22.0. The van der Waals surface area contributed by atoms with Gasteiger partial charge in [0.2, 0.25) is 5.91 Å². The minimum Gasteiger partial charge on any atom is -0.485 e. The SMILES string of the molecule is Cc1ccc(OCC(=O)c2ccc3c(c2)N(CC(=O)NCc2ccccn2)C(=O)CO3)cc1. The van der Waals surface area contributed by atoms with E-state index in [1.807, 2.05) is 25.1 Å². The molecule has 4 rings (SSSR count). The van der Waals surface area contributed by atoms with Crippen molar-refractivity contribution >= 4 is 23.3 Å². The van der Waals surface area contributed by atoms with E-state index in [1.165, 1.54) is 4.90 Å². The highest BCUT2D eigenvalue weighted by molar-refractivity contribution is 6.04. The molecule has 33 heavy (non-hydrogen) atoms. The molecule has 0 bridgehead atoms. The standard InChI is InChI=1S/C25H23N3O5/c1-17-5-8-20(9-6-17)32-15-22(29)18-7-10-23-21(12-18)28(25(31)16-33-23)14-24(30)27-13-19-4-2-3-11-26-19/h2-12H,13-16H2,1H3,(H,27,30). The first-order valence-corrected chi connectivity index (χ1v) is 10.5. The van der Waals surface area contributed by atoms with Crippen molar-refractivity contribution in [1.29, 1.82) is 0 Å². The van der Waals surface area contributed by atoms with Gasteiger partial charge in [-0.1, -0.05) is 23.8 Å². The van der Waals surface area contributed by atoms with E-state index in [1.54, 1.807) is 48.7 Å². The predicted octanol–water partition coefficient (Wildman–Crippen LogP) is 2.69. The Morgan fingerprint density at radius 2 is 1.94 bits per heavy atom. The number of benzene rings is 2. The molecule has 0 saturated heterocycles. The summed E-state index contributed by atoms with van der Waals surface area (Å²) in [7, 11) is 0. The molecule has 1 N–H and O–H groups in total. The number of carbonyl (C=O) groups is 3. The Balaban J connectivity index is 1.43. The van der Waals surface area contributed by atoms with E-state index in [0.29, 0.717) is 28.4 Å². The number of aromatic nitrogens is 1. The van der Waals surface area contributed by atoms with Crippen molar-refractivity contribution in [2.75, 3.05) is 24.7 Å². The van der Waals surface area contributed by atoms with Gasteiger partial charge in [-0.25, -0.2) is 0 Å². The van der Waals surface area contributed by atoms with Gasteiger partial charge in [0.05, 0.1) is 17.9 Å². The number of nitrogens with zero attached hydrogens (tertiary/aromatic N) is 2. The van der Waals surface area contributed by atoms with Crippen LogP contribution in [0, 0.1) is 6.92 Å². The molecule has 0 saturated carbocycles. The highest BCUT2D eigenvalue weighted by atomic mass is 16.5. The summed E-state index contributed by atoms with van der Waals surface area (Å²) in [5.41, 5.74) is 2.54. The molecule has 1 aliphatic rings. The number of Topliss-reactive ketones (excluding diaryl/α,β-unsaturated/α-hetero) is 1. The van der Waals surface area contributed by atoms with E-state index in [0.717, 1.165) is 5.56 Å². The van der Waals surface area contributed by atoms with Crippen molar-refractivity contribution in [3.05, 3.63) is 83.7 Å². The van der Waals surface area contributed by atoms with E-state index < -0.39 is 0 Å². The number of pyridine rings is 1. The number of nitrogens with one attached hydrogen (secondary N) is 1. The molecule has 2 aromatic carbocycles. The Kier molecular flexibility index (Phi) is 6.64. The topological polar surface area (TPSA) is 97.8 Å². The number of anilines is 1. The Hall–Kier alpha value is -4.20. The van der Waals surface area contributed by atoms with E-state index in [-0.39, 0.29) is 43.9 Å². The fourth-order valence-electron chi connectivity index (χ4n) is 3.31. The molecule has 0 aliphatic carbocycles. The Bertz CT molecular complexity index is 1160. The van der Waals surface area contributed by atoms with Crippen molar-refractivity contribution in [2.24, 2.45) is 0 Å². The molecule has 2 amide bonds. The Labute approximate surface area is 191 Å². The molecule has 3 aromatic rings. The van der Waals surface area contributed by atoms with Crippen LogP contribution in [0.5, 0.6) is 11.5 Å². The maximum atomic E-state index is 12.7. The minimum atomic E-state index is -0.365. The minimum absolute atomic E-state index is 0.152. The molecule has 0 radical (unpaired) electrons. The lowest BCUT2D eigenvalue weighted by molar-refractivity contribution is -0.125. The third-order valence-electron chi connectivity index (χ3n) is 5.11. The number of fused-ring (bicyclic) bond motifs is 1. The van der Waals surface area contributed by atoms with E-state index in [2.05, 4.69) is 10.3 Å². The van der Waals surface area contributed by atoms with Gasteiger partial charge in [0.25, 0.3) is 5.91 Å². The number of amides is 2. The van der Waals surface area contributed by atoms with Gasteiger partial charge in [0.1, 0.15) is 18.0 Å². The molecular formula is C25H23N3O5. The van der Waals surface area contributed by atoms with Crippen LogP contribution in [-0.2, 0) is 16.1 Å². The van der Waals surface area contributed by atoms with Crippen LogP contribution < -0.4 is 19.7 Å². The van der Waals surface area contributed by atoms with Crippen LogP contribution in [0.2, 0.25) is 0 Å². The molecule has 0 atom stereocenters. The summed E-state index contributed by atoms with van der Waals surface area (Å²) in [4.78, 5) is 43.1. The van der Waals surface area contributed by atoms with Crippen molar-refractivity contribution in [3.8, 4) is 11.5 Å². The van der Waals surface area contributed by atoms with E-state index in [9.17, 15) is 14.4 Å². The largest absolute Gasteiger partial charge is 0.485 e. The Morgan fingerprint density at radius 1 is 1.12 bits per heavy atom. The lowest BCUT2D eigenvalue weighted by Gasteiger charge is -2.29. The highest BCUT2D eigenvalue weighted by Crippen LogP contribution is 2.33. The van der Waals surface area contributed by atoms with Crippen LogP contribution in [-0.4, -0.2) is 42.3 Å². The lowest BCUT2D eigenvalue weighted by atomic mass is 10.1. The molecule has 8 heteroatoms. The highest BCUT2D eigenvalue weighted by Gasteiger charge is 2.28. The zero-order valence-corrected chi connectivity index (χ0v) is 18.1. The second kappa shape index (κ2) is 9.95. The number of rotatable bonds is 8. The lowest BCUT2D eigenvalue weighted by Crippen LogP contribution is -2.45. The molecule has 1 aromatic heterocycles. The summed E-state index contributed by atoms with van der Waals surface area (Å²) in [5, 5.41) is 2.75. The van der Waals surface area contributed by atoms with Crippen LogP contribution >= 0.6 is 0 Å². The Morgan fingerprint density at radius 3 is 2.70 bits per heavy atom. The van der Waals surface area contributed by atoms with Gasteiger partial charge in [0.15, 0.2) is 19.0 Å². The maximum Gasteiger partial charge on any atom is 0.265 e. The third-order valence-corrected chi connectivity index (χ3v) is 5.11. The predicted molar refractivity (Wildman–Crippen MR) is 121 cm³/mol. The monoisotopic (exact) mass is 445 g/mol. The third kappa shape index (κ3) is 5.54. The van der Waals surface area contributed by atoms with Gasteiger partial charge in [-0.15, -0.1) is 0 Å². The van der Waals surface area contributed by atoms with Crippen molar-refractivity contribution in [2.45, 2.75) is 13.5 Å². The van der Waals surface area contributed by atoms with Crippen LogP contribution in [0.1, 0.15) is 21.6 Å². The molecule has 0 unspecified atom stereocenters. The van der Waals surface area contributed by atoms with Crippen LogP contribution in [0.3, 0.4) is 0 Å². The fraction of sp³-hybridized carbons (Fsp3) is 0.200. The maximum absolute atomic E-state index is 12.7. The molecule has 168 valence electrons. The molecule has 2 heterocycles. The average Bonchev–Trinajstić information content (AvgIpc) is 2.84. The zero-order valence-electron chi connectivity index (χ0n) is 18.1. The van der Waals surface area contributed by atoms with Crippen molar-refractivity contribution in [1.82, 2.24) is 10.3 Å². The van der Waals surface area contributed by atoms with Gasteiger partial charge >= 0.3 is 0 Å². The van der Waals surface area contributed by atoms with E-state index in [4.69, 9.17) is 9.47 Å². The second-order valence-electron chi connectivity index (χ2n) is 7.57. The van der Waals surface area contributed by atoms with Gasteiger partial charge in [0, 0.05) is 11.8 Å². The van der Waals surface area contributed by atoms with Gasteiger partial charge in [-0.2, -0.15) is 0 Å². The quantitative estimate of drug-likeness (QED) is 0.536. The first-order valence-electron chi connectivity index (χ1n) is 10.5. The van der Waals surface area contributed by atoms with Gasteiger partial charge in [-0.3, -0.25) is 24.3 Å². The van der Waals surface area contributed by atoms with Crippen LogP contribution in [0.4, 0.5) is 5.69 Å². The van der Waals surface area contributed by atoms with E-state index >= 15 is 0 Å². The van der Waals surface area contributed by atoms with Crippen molar-refractivity contribution < 1.29 is 23.9 Å². The summed E-state index contributed by atoms with van der Waals surface area (Å²) in [5.74, 6) is 0.0629. The summed E-state index contributed by atoms with van der Waals surface area (Å²) < 4.78 is 11.1. The molecule has 1 aliphatic heterocycles. The molecular weight excluding hydrogens is 422 g/mol. The van der Waals surface area contributed by atoms with Crippen LogP contribution in [0.25, 0.3) is 0 Å². The number of aryl methyl sites for hydroxylation is 1. The molecule has 0 spiro atoms. The fourth-order valence-corrected chi connectivity index (χ4v) is 3.31. The normalized spacial score (nSPS) is 12.5. The summed E-state index contributed by atoms with van der Waals surface area (Å²) >= 11 is 0. The average molecular weight is 445 g/mol.